The predicted octanol–water partition coefficient (Wildman–Crippen LogP) is 1.02. The van der Waals surface area contributed by atoms with Crippen molar-refractivity contribution in [1.82, 2.24) is 9.78 Å². The zero-order valence-electron chi connectivity index (χ0n) is 10.8. The van der Waals surface area contributed by atoms with Crippen LogP contribution in [0, 0.1) is 0 Å². The third-order valence-electron chi connectivity index (χ3n) is 2.85. The zero-order chi connectivity index (χ0) is 14.0. The molecule has 0 spiro atoms. The van der Waals surface area contributed by atoms with Crippen molar-refractivity contribution in [3.8, 4) is 0 Å². The number of rotatable bonds is 4. The van der Waals surface area contributed by atoms with Crippen LogP contribution in [0.4, 0.5) is 11.4 Å². The van der Waals surface area contributed by atoms with Crippen molar-refractivity contribution in [3.63, 3.8) is 0 Å². The second-order valence-corrected chi connectivity index (χ2v) is 6.27. The van der Waals surface area contributed by atoms with Crippen LogP contribution < -0.4 is 11.1 Å². The van der Waals surface area contributed by atoms with Gasteiger partial charge in [-0.25, -0.2) is 8.42 Å². The Morgan fingerprint density at radius 1 is 1.37 bits per heavy atom. The highest BCUT2D eigenvalue weighted by atomic mass is 32.2. The molecule has 0 unspecified atom stereocenters. The van der Waals surface area contributed by atoms with Gasteiger partial charge in [-0.3, -0.25) is 4.68 Å². The summed E-state index contributed by atoms with van der Waals surface area (Å²) in [6.45, 7) is 0.522. The minimum Gasteiger partial charge on any atom is -0.396 e. The molecule has 1 aromatic carbocycles. The summed E-state index contributed by atoms with van der Waals surface area (Å²) in [5, 5.41) is 7.18. The number of nitrogens with one attached hydrogen (secondary N) is 1. The highest BCUT2D eigenvalue weighted by molar-refractivity contribution is 7.90. The van der Waals surface area contributed by atoms with Gasteiger partial charge in [-0.15, -0.1) is 0 Å². The number of aromatic nitrogens is 2. The summed E-state index contributed by atoms with van der Waals surface area (Å²) >= 11 is 0. The molecule has 0 radical (unpaired) electrons. The molecule has 1 aromatic heterocycles. The minimum absolute atomic E-state index is 0.141. The molecule has 2 rings (SSSR count). The van der Waals surface area contributed by atoms with Crippen LogP contribution in [0.25, 0.3) is 0 Å². The first kappa shape index (κ1) is 13.4. The molecule has 2 aromatic rings. The summed E-state index contributed by atoms with van der Waals surface area (Å²) in [6.07, 6.45) is 2.84. The molecule has 0 aliphatic heterocycles. The lowest BCUT2D eigenvalue weighted by Gasteiger charge is -2.12. The molecule has 0 bridgehead atoms. The van der Waals surface area contributed by atoms with Crippen LogP contribution >= 0.6 is 0 Å². The van der Waals surface area contributed by atoms with Gasteiger partial charge in [0.05, 0.1) is 28.5 Å². The molecule has 7 heteroatoms. The normalized spacial score (nSPS) is 11.5. The van der Waals surface area contributed by atoms with Gasteiger partial charge >= 0.3 is 0 Å². The Morgan fingerprint density at radius 2 is 2.11 bits per heavy atom. The van der Waals surface area contributed by atoms with Crippen LogP contribution in [0.5, 0.6) is 0 Å². The topological polar surface area (TPSA) is 90.0 Å². The van der Waals surface area contributed by atoms with Crippen LogP contribution in [0.2, 0.25) is 0 Å². The molecule has 0 saturated carbocycles. The van der Waals surface area contributed by atoms with Crippen LogP contribution in [0.15, 0.2) is 35.4 Å². The molecule has 102 valence electrons. The Bertz CT molecular complexity index is 692. The number of para-hydroxylation sites is 1. The van der Waals surface area contributed by atoms with Crippen molar-refractivity contribution in [2.75, 3.05) is 17.3 Å². The van der Waals surface area contributed by atoms with E-state index in [4.69, 9.17) is 5.73 Å². The van der Waals surface area contributed by atoms with E-state index in [0.29, 0.717) is 12.2 Å². The monoisotopic (exact) mass is 280 g/mol. The molecule has 0 atom stereocenters. The summed E-state index contributed by atoms with van der Waals surface area (Å²) < 4.78 is 24.9. The highest BCUT2D eigenvalue weighted by Gasteiger charge is 2.14. The number of nitrogens with two attached hydrogens (primary N) is 1. The summed E-state index contributed by atoms with van der Waals surface area (Å²) in [5.41, 5.74) is 7.70. The smallest absolute Gasteiger partial charge is 0.177 e. The Hall–Kier alpha value is -2.02. The van der Waals surface area contributed by atoms with E-state index in [2.05, 4.69) is 10.4 Å². The van der Waals surface area contributed by atoms with Gasteiger partial charge in [-0.05, 0) is 18.2 Å². The number of sulfone groups is 1. The molecule has 0 aliphatic carbocycles. The van der Waals surface area contributed by atoms with Crippen LogP contribution in [0.3, 0.4) is 0 Å². The molecule has 3 N–H and O–H groups in total. The third-order valence-corrected chi connectivity index (χ3v) is 4.00. The minimum atomic E-state index is -3.32. The Labute approximate surface area is 112 Å². The molecule has 19 heavy (non-hydrogen) atoms. The van der Waals surface area contributed by atoms with Gasteiger partial charge < -0.3 is 11.1 Å². The Kier molecular flexibility index (Phi) is 3.48. The molecule has 0 fully saturated rings. The van der Waals surface area contributed by atoms with Crippen molar-refractivity contribution >= 4 is 21.2 Å². The molecule has 6 nitrogen and oxygen atoms in total. The second kappa shape index (κ2) is 4.93. The molecule has 0 amide bonds. The summed E-state index contributed by atoms with van der Waals surface area (Å²) in [4.78, 5) is 0.141. The van der Waals surface area contributed by atoms with Crippen molar-refractivity contribution in [3.05, 3.63) is 36.2 Å². The maximum absolute atomic E-state index is 11.6. The van der Waals surface area contributed by atoms with Crippen LogP contribution in [0.1, 0.15) is 5.69 Å². The fourth-order valence-electron chi connectivity index (χ4n) is 1.78. The zero-order valence-corrected chi connectivity index (χ0v) is 11.6. The first-order chi connectivity index (χ1) is 8.89. The summed E-state index contributed by atoms with van der Waals surface area (Å²) in [6, 6.07) is 6.79. The van der Waals surface area contributed by atoms with Crippen molar-refractivity contribution in [2.24, 2.45) is 7.05 Å². The number of hydrogen-bond donors (Lipinski definition) is 2. The number of aryl methyl sites for hydroxylation is 1. The van der Waals surface area contributed by atoms with E-state index in [1.165, 1.54) is 6.07 Å². The first-order valence-corrected chi connectivity index (χ1v) is 7.58. The van der Waals surface area contributed by atoms with Gasteiger partial charge in [0.15, 0.2) is 9.84 Å². The highest BCUT2D eigenvalue weighted by Crippen LogP contribution is 2.26. The maximum Gasteiger partial charge on any atom is 0.177 e. The fraction of sp³-hybridized carbons (Fsp3) is 0.250. The average molecular weight is 280 g/mol. The van der Waals surface area contributed by atoms with Crippen molar-refractivity contribution < 1.29 is 8.42 Å². The number of hydrogen-bond acceptors (Lipinski definition) is 5. The molecule has 0 saturated heterocycles. The number of benzene rings is 1. The van der Waals surface area contributed by atoms with E-state index in [1.807, 2.05) is 13.1 Å². The summed E-state index contributed by atoms with van der Waals surface area (Å²) in [7, 11) is -1.48. The van der Waals surface area contributed by atoms with E-state index in [0.717, 1.165) is 11.9 Å². The van der Waals surface area contributed by atoms with Crippen molar-refractivity contribution in [2.45, 2.75) is 11.4 Å². The van der Waals surface area contributed by atoms with Crippen molar-refractivity contribution in [1.29, 1.82) is 0 Å². The van der Waals surface area contributed by atoms with Crippen LogP contribution in [-0.2, 0) is 23.4 Å². The maximum atomic E-state index is 11.6. The predicted molar refractivity (Wildman–Crippen MR) is 74.5 cm³/mol. The lowest BCUT2D eigenvalue weighted by Crippen LogP contribution is -2.09. The Balaban J connectivity index is 2.25. The van der Waals surface area contributed by atoms with Gasteiger partial charge in [-0.1, -0.05) is 6.07 Å². The number of anilines is 2. The SMILES string of the molecule is Cn1nccc1CNc1cccc(S(C)(=O)=O)c1N. The van der Waals surface area contributed by atoms with E-state index < -0.39 is 9.84 Å². The van der Waals surface area contributed by atoms with Gasteiger partial charge in [0.2, 0.25) is 0 Å². The van der Waals surface area contributed by atoms with Crippen LogP contribution in [-0.4, -0.2) is 24.5 Å². The molecular formula is C12H16N4O2S. The number of nitrogen functional groups attached to an aromatic ring is 1. The van der Waals surface area contributed by atoms with E-state index in [9.17, 15) is 8.42 Å². The van der Waals surface area contributed by atoms with Gasteiger partial charge in [0, 0.05) is 19.5 Å². The largest absolute Gasteiger partial charge is 0.396 e. The molecule has 1 heterocycles. The van der Waals surface area contributed by atoms with Gasteiger partial charge in [-0.2, -0.15) is 5.10 Å². The lowest BCUT2D eigenvalue weighted by molar-refractivity contribution is 0.602. The van der Waals surface area contributed by atoms with Gasteiger partial charge in [0.1, 0.15) is 0 Å². The average Bonchev–Trinajstić information content (AvgIpc) is 2.72. The Morgan fingerprint density at radius 3 is 2.68 bits per heavy atom. The third kappa shape index (κ3) is 2.87. The molecular weight excluding hydrogens is 264 g/mol. The van der Waals surface area contributed by atoms with Gasteiger partial charge in [0.25, 0.3) is 0 Å². The van der Waals surface area contributed by atoms with E-state index in [1.54, 1.807) is 23.0 Å². The quantitative estimate of drug-likeness (QED) is 0.816. The number of nitrogens with zero attached hydrogens (tertiary/aromatic N) is 2. The fourth-order valence-corrected chi connectivity index (χ4v) is 2.62. The summed E-state index contributed by atoms with van der Waals surface area (Å²) in [5.74, 6) is 0. The molecule has 0 aliphatic rings. The van der Waals surface area contributed by atoms with E-state index in [-0.39, 0.29) is 10.6 Å². The standard InChI is InChI=1S/C12H16N4O2S/c1-16-9(6-7-15-16)8-14-10-4-3-5-11(12(10)13)19(2,17)18/h3-7,14H,8,13H2,1-2H3. The van der Waals surface area contributed by atoms with E-state index >= 15 is 0 Å². The second-order valence-electron chi connectivity index (χ2n) is 4.29. The lowest BCUT2D eigenvalue weighted by atomic mass is 10.2. The first-order valence-electron chi connectivity index (χ1n) is 5.69.